The SMILES string of the molecule is N=C(N)c1ccc(-c2cccc(F)c2O)cc1N. The number of phenolic OH excluding ortho intramolecular Hbond substituents is 1. The highest BCUT2D eigenvalue weighted by Gasteiger charge is 2.10. The van der Waals surface area contributed by atoms with Gasteiger partial charge in [0.25, 0.3) is 0 Å². The maximum atomic E-state index is 13.2. The summed E-state index contributed by atoms with van der Waals surface area (Å²) in [7, 11) is 0. The lowest BCUT2D eigenvalue weighted by molar-refractivity contribution is 0.434. The lowest BCUT2D eigenvalue weighted by Crippen LogP contribution is -2.13. The molecule has 2 rings (SSSR count). The lowest BCUT2D eigenvalue weighted by Gasteiger charge is -2.09. The normalized spacial score (nSPS) is 10.3. The number of halogens is 1. The van der Waals surface area contributed by atoms with Crippen molar-refractivity contribution >= 4 is 11.5 Å². The molecule has 92 valence electrons. The Morgan fingerprint density at radius 3 is 2.56 bits per heavy atom. The molecule has 0 bridgehead atoms. The maximum absolute atomic E-state index is 13.2. The molecule has 0 saturated carbocycles. The van der Waals surface area contributed by atoms with Crippen molar-refractivity contribution in [2.75, 3.05) is 5.73 Å². The largest absolute Gasteiger partial charge is 0.504 e. The van der Waals surface area contributed by atoms with Crippen LogP contribution in [-0.2, 0) is 0 Å². The zero-order chi connectivity index (χ0) is 13.3. The number of phenols is 1. The van der Waals surface area contributed by atoms with Crippen LogP contribution in [0, 0.1) is 11.2 Å². The number of aromatic hydroxyl groups is 1. The van der Waals surface area contributed by atoms with Crippen LogP contribution < -0.4 is 11.5 Å². The van der Waals surface area contributed by atoms with Gasteiger partial charge in [0.1, 0.15) is 5.84 Å². The Balaban J connectivity index is 2.56. The minimum atomic E-state index is -0.693. The van der Waals surface area contributed by atoms with Crippen LogP contribution in [0.3, 0.4) is 0 Å². The van der Waals surface area contributed by atoms with Gasteiger partial charge < -0.3 is 16.6 Å². The Hall–Kier alpha value is -2.56. The molecule has 0 radical (unpaired) electrons. The molecule has 0 saturated heterocycles. The second-order valence-electron chi connectivity index (χ2n) is 3.85. The summed E-state index contributed by atoms with van der Waals surface area (Å²) in [5.74, 6) is -1.25. The van der Waals surface area contributed by atoms with E-state index in [1.807, 2.05) is 0 Å². The molecular formula is C13H12FN3O. The van der Waals surface area contributed by atoms with E-state index >= 15 is 0 Å². The minimum Gasteiger partial charge on any atom is -0.504 e. The first kappa shape index (κ1) is 11.9. The van der Waals surface area contributed by atoms with Gasteiger partial charge in [-0.2, -0.15) is 0 Å². The Bertz CT molecular complexity index is 626. The molecule has 18 heavy (non-hydrogen) atoms. The third kappa shape index (κ3) is 1.98. The summed E-state index contributed by atoms with van der Waals surface area (Å²) in [5.41, 5.74) is 12.7. The fourth-order valence-corrected chi connectivity index (χ4v) is 1.72. The third-order valence-corrected chi connectivity index (χ3v) is 2.64. The molecule has 2 aromatic carbocycles. The van der Waals surface area contributed by atoms with Gasteiger partial charge in [-0.3, -0.25) is 5.41 Å². The summed E-state index contributed by atoms with van der Waals surface area (Å²) in [5, 5.41) is 17.0. The summed E-state index contributed by atoms with van der Waals surface area (Å²) in [6, 6.07) is 9.00. The Morgan fingerprint density at radius 2 is 1.94 bits per heavy atom. The molecule has 4 nitrogen and oxygen atoms in total. The number of hydrogen-bond acceptors (Lipinski definition) is 3. The highest BCUT2D eigenvalue weighted by atomic mass is 19.1. The van der Waals surface area contributed by atoms with E-state index in [-0.39, 0.29) is 5.84 Å². The number of nitrogen functional groups attached to an aromatic ring is 2. The van der Waals surface area contributed by atoms with E-state index in [9.17, 15) is 9.50 Å². The topological polar surface area (TPSA) is 96.1 Å². The number of hydrogen-bond donors (Lipinski definition) is 4. The number of nitrogens with two attached hydrogens (primary N) is 2. The second kappa shape index (κ2) is 4.37. The molecule has 0 heterocycles. The van der Waals surface area contributed by atoms with Crippen molar-refractivity contribution in [3.8, 4) is 16.9 Å². The molecule has 5 heteroatoms. The van der Waals surface area contributed by atoms with Crippen LogP contribution in [-0.4, -0.2) is 10.9 Å². The third-order valence-electron chi connectivity index (χ3n) is 2.64. The van der Waals surface area contributed by atoms with E-state index in [0.29, 0.717) is 22.4 Å². The maximum Gasteiger partial charge on any atom is 0.165 e. The van der Waals surface area contributed by atoms with Crippen LogP contribution in [0.2, 0.25) is 0 Å². The standard InChI is InChI=1S/C13H12FN3O/c14-10-3-1-2-8(12(10)18)7-4-5-9(13(16)17)11(15)6-7/h1-6,18H,15H2,(H3,16,17). The van der Waals surface area contributed by atoms with Crippen molar-refractivity contribution in [2.45, 2.75) is 0 Å². The van der Waals surface area contributed by atoms with Crippen molar-refractivity contribution in [2.24, 2.45) is 5.73 Å². The number of para-hydroxylation sites is 1. The van der Waals surface area contributed by atoms with E-state index in [0.717, 1.165) is 0 Å². The van der Waals surface area contributed by atoms with Gasteiger partial charge in [-0.25, -0.2) is 4.39 Å². The Labute approximate surface area is 103 Å². The summed E-state index contributed by atoms with van der Waals surface area (Å²) < 4.78 is 13.2. The molecule has 2 aromatic rings. The molecular weight excluding hydrogens is 233 g/mol. The van der Waals surface area contributed by atoms with Crippen LogP contribution in [0.4, 0.5) is 10.1 Å². The number of rotatable bonds is 2. The van der Waals surface area contributed by atoms with Gasteiger partial charge in [0.2, 0.25) is 0 Å². The first-order chi connectivity index (χ1) is 8.50. The molecule has 6 N–H and O–H groups in total. The molecule has 0 aromatic heterocycles. The predicted octanol–water partition coefficient (Wildman–Crippen LogP) is 2.06. The molecule has 0 spiro atoms. The minimum absolute atomic E-state index is 0.137. The molecule has 0 aliphatic rings. The van der Waals surface area contributed by atoms with Crippen molar-refractivity contribution in [3.05, 3.63) is 47.8 Å². The summed E-state index contributed by atoms with van der Waals surface area (Å²) in [6.45, 7) is 0. The second-order valence-corrected chi connectivity index (χ2v) is 3.85. The van der Waals surface area contributed by atoms with Gasteiger partial charge >= 0.3 is 0 Å². The van der Waals surface area contributed by atoms with Gasteiger partial charge in [0.15, 0.2) is 11.6 Å². The monoisotopic (exact) mass is 245 g/mol. The van der Waals surface area contributed by atoms with Crippen LogP contribution in [0.5, 0.6) is 5.75 Å². The number of nitrogens with one attached hydrogen (secondary N) is 1. The van der Waals surface area contributed by atoms with E-state index in [2.05, 4.69) is 0 Å². The van der Waals surface area contributed by atoms with Gasteiger partial charge in [0.05, 0.1) is 0 Å². The van der Waals surface area contributed by atoms with E-state index in [1.54, 1.807) is 24.3 Å². The number of anilines is 1. The van der Waals surface area contributed by atoms with Gasteiger partial charge in [0, 0.05) is 16.8 Å². The molecule has 0 amide bonds. The first-order valence-electron chi connectivity index (χ1n) is 5.22. The molecule has 0 atom stereocenters. The Kier molecular flexibility index (Phi) is 2.89. The zero-order valence-electron chi connectivity index (χ0n) is 9.44. The first-order valence-corrected chi connectivity index (χ1v) is 5.22. The average molecular weight is 245 g/mol. The summed E-state index contributed by atoms with van der Waals surface area (Å²) in [4.78, 5) is 0. The van der Waals surface area contributed by atoms with Crippen molar-refractivity contribution < 1.29 is 9.50 Å². The van der Waals surface area contributed by atoms with Crippen molar-refractivity contribution in [3.63, 3.8) is 0 Å². The quantitative estimate of drug-likeness (QED) is 0.370. The average Bonchev–Trinajstić information content (AvgIpc) is 2.32. The van der Waals surface area contributed by atoms with Gasteiger partial charge in [-0.1, -0.05) is 18.2 Å². The highest BCUT2D eigenvalue weighted by molar-refractivity contribution is 6.00. The Morgan fingerprint density at radius 1 is 1.22 bits per heavy atom. The van der Waals surface area contributed by atoms with Crippen LogP contribution in [0.15, 0.2) is 36.4 Å². The van der Waals surface area contributed by atoms with Crippen molar-refractivity contribution in [1.29, 1.82) is 5.41 Å². The zero-order valence-corrected chi connectivity index (χ0v) is 9.44. The van der Waals surface area contributed by atoms with Crippen molar-refractivity contribution in [1.82, 2.24) is 0 Å². The van der Waals surface area contributed by atoms with Crippen LogP contribution in [0.1, 0.15) is 5.56 Å². The van der Waals surface area contributed by atoms with Crippen LogP contribution >= 0.6 is 0 Å². The molecule has 0 fully saturated rings. The lowest BCUT2D eigenvalue weighted by atomic mass is 10.0. The van der Waals surface area contributed by atoms with Gasteiger partial charge in [-0.15, -0.1) is 0 Å². The highest BCUT2D eigenvalue weighted by Crippen LogP contribution is 2.32. The fraction of sp³-hybridized carbons (Fsp3) is 0. The summed E-state index contributed by atoms with van der Waals surface area (Å²) in [6.07, 6.45) is 0. The van der Waals surface area contributed by atoms with E-state index in [1.165, 1.54) is 12.1 Å². The molecule has 0 aliphatic carbocycles. The summed E-state index contributed by atoms with van der Waals surface area (Å²) >= 11 is 0. The van der Waals surface area contributed by atoms with E-state index < -0.39 is 11.6 Å². The number of amidine groups is 1. The molecule has 0 unspecified atom stereocenters. The smallest absolute Gasteiger partial charge is 0.165 e. The predicted molar refractivity (Wildman–Crippen MR) is 68.9 cm³/mol. The van der Waals surface area contributed by atoms with E-state index in [4.69, 9.17) is 16.9 Å². The van der Waals surface area contributed by atoms with Crippen LogP contribution in [0.25, 0.3) is 11.1 Å². The van der Waals surface area contributed by atoms with Gasteiger partial charge in [-0.05, 0) is 23.8 Å². The molecule has 0 aliphatic heterocycles. The fourth-order valence-electron chi connectivity index (χ4n) is 1.72. The number of benzene rings is 2.